The summed E-state index contributed by atoms with van der Waals surface area (Å²) in [5, 5.41) is 2.71. The molecule has 7 nitrogen and oxygen atoms in total. The number of benzene rings is 1. The molecule has 1 atom stereocenters. The van der Waals surface area contributed by atoms with E-state index in [0.29, 0.717) is 11.5 Å². The summed E-state index contributed by atoms with van der Waals surface area (Å²) >= 11 is 1.26. The summed E-state index contributed by atoms with van der Waals surface area (Å²) in [5.41, 5.74) is 1.36. The largest absolute Gasteiger partial charge is 0.445 e. The van der Waals surface area contributed by atoms with Crippen LogP contribution in [-0.4, -0.2) is 59.2 Å². The van der Waals surface area contributed by atoms with Crippen LogP contribution in [0.4, 0.5) is 14.9 Å². The average molecular weight is 417 g/mol. The summed E-state index contributed by atoms with van der Waals surface area (Å²) in [6.07, 6.45) is 1.67. The van der Waals surface area contributed by atoms with Crippen LogP contribution in [0.5, 0.6) is 0 Å². The van der Waals surface area contributed by atoms with Crippen LogP contribution in [0, 0.1) is 17.7 Å². The highest BCUT2D eigenvalue weighted by molar-refractivity contribution is 8.03. The molecule has 0 saturated carbocycles. The Morgan fingerprint density at radius 1 is 1.31 bits per heavy atom. The summed E-state index contributed by atoms with van der Waals surface area (Å²) < 4.78 is 14.4. The lowest BCUT2D eigenvalue weighted by molar-refractivity contribution is -0.407. The normalized spacial score (nSPS) is 19.2. The predicted octanol–water partition coefficient (Wildman–Crippen LogP) is 2.74. The van der Waals surface area contributed by atoms with Crippen molar-refractivity contribution in [1.82, 2.24) is 4.90 Å². The van der Waals surface area contributed by atoms with Gasteiger partial charge in [-0.05, 0) is 30.2 Å². The Balaban J connectivity index is 1.85. The first-order valence-corrected chi connectivity index (χ1v) is 10.1. The van der Waals surface area contributed by atoms with E-state index < -0.39 is 11.9 Å². The standard InChI is InChI=1S/C20H21FN4O3S/c1-11(2)14-9-22-18-16(19(27)25(4)20(28)24(18)3)17(14)29-10-15(26)23-13-7-5-12(21)6-8-13/h5-9,11,16H,10H2,1-4H3/p+1. The number of fused-ring (bicyclic) bond motifs is 1. The number of imide groups is 1. The molecule has 0 aliphatic carbocycles. The predicted molar refractivity (Wildman–Crippen MR) is 111 cm³/mol. The highest BCUT2D eigenvalue weighted by atomic mass is 32.2. The molecule has 2 aliphatic rings. The maximum atomic E-state index is 13.0. The number of carbonyl (C=O) groups excluding carboxylic acids is 3. The minimum atomic E-state index is -0.714. The number of rotatable bonds is 5. The number of amides is 4. The smallest absolute Gasteiger partial charge is 0.325 e. The zero-order chi connectivity index (χ0) is 21.3. The van der Waals surface area contributed by atoms with E-state index in [1.807, 2.05) is 13.8 Å². The fourth-order valence-electron chi connectivity index (χ4n) is 3.15. The van der Waals surface area contributed by atoms with Crippen molar-refractivity contribution in [2.24, 2.45) is 16.8 Å². The van der Waals surface area contributed by atoms with E-state index >= 15 is 0 Å². The molecule has 0 bridgehead atoms. The van der Waals surface area contributed by atoms with Gasteiger partial charge in [-0.25, -0.2) is 9.18 Å². The number of carbonyl (C=O) groups is 3. The van der Waals surface area contributed by atoms with Crippen LogP contribution in [0.15, 0.2) is 39.7 Å². The number of aliphatic imine (C=N–C) groups is 1. The molecule has 4 amide bonds. The fraction of sp³-hybridized carbons (Fsp3) is 0.350. The van der Waals surface area contributed by atoms with E-state index in [0.717, 1.165) is 15.4 Å². The molecule has 1 aromatic carbocycles. The van der Waals surface area contributed by atoms with Gasteiger partial charge < -0.3 is 5.32 Å². The van der Waals surface area contributed by atoms with Crippen molar-refractivity contribution < 1.29 is 23.3 Å². The molecule has 29 heavy (non-hydrogen) atoms. The number of thioether (sulfide) groups is 1. The molecule has 3 rings (SSSR count). The van der Waals surface area contributed by atoms with Crippen molar-refractivity contribution in [3.8, 4) is 0 Å². The van der Waals surface area contributed by atoms with Gasteiger partial charge >= 0.3 is 11.9 Å². The molecule has 2 aliphatic heterocycles. The van der Waals surface area contributed by atoms with Gasteiger partial charge in [0.25, 0.3) is 5.84 Å². The lowest BCUT2D eigenvalue weighted by Gasteiger charge is -2.29. The third-order valence-electron chi connectivity index (χ3n) is 4.74. The second-order valence-electron chi connectivity index (χ2n) is 7.11. The molecule has 1 N–H and O–H groups in total. The Bertz CT molecular complexity index is 966. The Morgan fingerprint density at radius 3 is 2.59 bits per heavy atom. The minimum absolute atomic E-state index is 0.0647. The van der Waals surface area contributed by atoms with E-state index in [9.17, 15) is 18.8 Å². The van der Waals surface area contributed by atoms with Gasteiger partial charge in [-0.1, -0.05) is 13.8 Å². The van der Waals surface area contributed by atoms with Crippen LogP contribution in [0.1, 0.15) is 13.8 Å². The number of dihydropyridines is 1. The number of anilines is 1. The lowest BCUT2D eigenvalue weighted by atomic mass is 9.93. The summed E-state index contributed by atoms with van der Waals surface area (Å²) in [6.45, 7) is 3.97. The monoisotopic (exact) mass is 417 g/mol. The molecule has 2 heterocycles. The van der Waals surface area contributed by atoms with Gasteiger partial charge in [0.05, 0.1) is 19.8 Å². The van der Waals surface area contributed by atoms with Gasteiger partial charge in [0.1, 0.15) is 12.0 Å². The third-order valence-corrected chi connectivity index (χ3v) is 5.93. The first-order valence-electron chi connectivity index (χ1n) is 9.09. The van der Waals surface area contributed by atoms with Crippen molar-refractivity contribution >= 4 is 47.3 Å². The van der Waals surface area contributed by atoms with E-state index in [-0.39, 0.29) is 29.3 Å². The number of nitrogens with zero attached hydrogens (tertiary/aromatic N) is 3. The molecule has 1 unspecified atom stereocenters. The molecule has 0 saturated heterocycles. The van der Waals surface area contributed by atoms with Crippen LogP contribution in [-0.2, 0) is 9.59 Å². The average Bonchev–Trinajstić information content (AvgIpc) is 2.69. The van der Waals surface area contributed by atoms with Gasteiger partial charge in [0.15, 0.2) is 5.92 Å². The van der Waals surface area contributed by atoms with Gasteiger partial charge in [-0.3, -0.25) is 9.59 Å². The number of halogens is 1. The second kappa shape index (κ2) is 8.28. The molecule has 1 aromatic rings. The zero-order valence-electron chi connectivity index (χ0n) is 16.6. The van der Waals surface area contributed by atoms with Crippen LogP contribution in [0.2, 0.25) is 0 Å². The first-order chi connectivity index (χ1) is 13.7. The molecular weight excluding hydrogens is 395 g/mol. The molecule has 0 radical (unpaired) electrons. The molecule has 0 fully saturated rings. The maximum Gasteiger partial charge on any atom is 0.445 e. The highest BCUT2D eigenvalue weighted by Gasteiger charge is 2.48. The Kier molecular flexibility index (Phi) is 5.97. The number of amidine groups is 1. The number of hydrogen-bond acceptors (Lipinski definition) is 5. The van der Waals surface area contributed by atoms with E-state index in [4.69, 9.17) is 0 Å². The van der Waals surface area contributed by atoms with Gasteiger partial charge in [-0.15, -0.1) is 16.8 Å². The van der Waals surface area contributed by atoms with Crippen molar-refractivity contribution in [2.45, 2.75) is 13.8 Å². The molecule has 152 valence electrons. The van der Waals surface area contributed by atoms with Gasteiger partial charge in [0.2, 0.25) is 5.91 Å². The Hall–Kier alpha value is -2.81. The summed E-state index contributed by atoms with van der Waals surface area (Å²) in [6, 6.07) is 5.06. The quantitative estimate of drug-likeness (QED) is 0.747. The van der Waals surface area contributed by atoms with Crippen molar-refractivity contribution in [3.05, 3.63) is 40.6 Å². The van der Waals surface area contributed by atoms with Crippen molar-refractivity contribution in [2.75, 3.05) is 25.2 Å². The second-order valence-corrected chi connectivity index (χ2v) is 8.12. The number of allylic oxidation sites excluding steroid dienone is 1. The Labute approximate surface area is 172 Å². The van der Waals surface area contributed by atoms with E-state index in [2.05, 4.69) is 10.3 Å². The topological polar surface area (TPSA) is 81.9 Å². The van der Waals surface area contributed by atoms with E-state index in [1.54, 1.807) is 13.3 Å². The number of nitrogens with one attached hydrogen (secondary N) is 1. The summed E-state index contributed by atoms with van der Waals surface area (Å²) in [7, 11) is 3.02. The maximum absolute atomic E-state index is 13.0. The van der Waals surface area contributed by atoms with Gasteiger partial charge in [0, 0.05) is 16.2 Å². The summed E-state index contributed by atoms with van der Waals surface area (Å²) in [4.78, 5) is 43.6. The van der Waals surface area contributed by atoms with Crippen LogP contribution < -0.4 is 5.32 Å². The Morgan fingerprint density at radius 2 is 1.97 bits per heavy atom. The third kappa shape index (κ3) is 4.14. The molecule has 9 heteroatoms. The van der Waals surface area contributed by atoms with E-state index in [1.165, 1.54) is 47.7 Å². The highest BCUT2D eigenvalue weighted by Crippen LogP contribution is 2.37. The number of hydrogen-bond donors (Lipinski definition) is 1. The zero-order valence-corrected chi connectivity index (χ0v) is 17.4. The lowest BCUT2D eigenvalue weighted by Crippen LogP contribution is -2.53. The van der Waals surface area contributed by atoms with Crippen LogP contribution in [0.3, 0.4) is 0 Å². The van der Waals surface area contributed by atoms with Crippen molar-refractivity contribution in [1.29, 1.82) is 0 Å². The van der Waals surface area contributed by atoms with Crippen LogP contribution in [0.25, 0.3) is 0 Å². The molecule has 0 spiro atoms. The SMILES string of the molecule is CC(C)C1=C(SCC(=O)Nc2ccc(F)cc2)C2C(=O)N(C)C(=O)[N+](C)=C2N=C1. The molecule has 0 aromatic heterocycles. The minimum Gasteiger partial charge on any atom is -0.325 e. The van der Waals surface area contributed by atoms with Gasteiger partial charge in [-0.2, -0.15) is 9.48 Å². The molecular formula is C20H22FN4O3S+. The summed E-state index contributed by atoms with van der Waals surface area (Å²) in [5.74, 6) is -1.22. The number of urea groups is 1. The fourth-order valence-corrected chi connectivity index (χ4v) is 4.33. The van der Waals surface area contributed by atoms with Crippen LogP contribution >= 0.6 is 11.8 Å². The first kappa shape index (κ1) is 20.9. The van der Waals surface area contributed by atoms with Crippen molar-refractivity contribution in [3.63, 3.8) is 0 Å².